The largest absolute Gasteiger partial charge is 0.506 e. The number of hydrazone groups is 1. The number of nitrogens with one attached hydrogen (secondary N) is 1. The molecule has 0 unspecified atom stereocenters. The number of nitrogens with zero attached hydrogens (tertiary/aromatic N) is 2. The molecule has 0 atom stereocenters. The van der Waals surface area contributed by atoms with Crippen LogP contribution in [-0.2, 0) is 0 Å². The number of benzene rings is 2. The normalized spacial score (nSPS) is 10.9. The second kappa shape index (κ2) is 6.05. The van der Waals surface area contributed by atoms with E-state index in [4.69, 9.17) is 0 Å². The molecule has 5 nitrogen and oxygen atoms in total. The van der Waals surface area contributed by atoms with E-state index in [0.29, 0.717) is 5.39 Å². The van der Waals surface area contributed by atoms with Crippen molar-refractivity contribution in [3.63, 3.8) is 0 Å². The summed E-state index contributed by atoms with van der Waals surface area (Å²) in [6.07, 6.45) is 4.79. The molecule has 3 rings (SSSR count). The first-order chi connectivity index (χ1) is 10.8. The highest BCUT2D eigenvalue weighted by Gasteiger charge is 2.12. The minimum atomic E-state index is -0.464. The number of pyridine rings is 1. The van der Waals surface area contributed by atoms with E-state index in [9.17, 15) is 9.90 Å². The van der Waals surface area contributed by atoms with Crippen LogP contribution in [0.15, 0.2) is 66.0 Å². The maximum Gasteiger partial charge on any atom is 0.275 e. The number of rotatable bonds is 3. The first kappa shape index (κ1) is 13.8. The lowest BCUT2D eigenvalue weighted by Gasteiger charge is -2.06. The second-order valence-corrected chi connectivity index (χ2v) is 4.66. The van der Waals surface area contributed by atoms with Gasteiger partial charge in [0.15, 0.2) is 0 Å². The number of aromatic nitrogens is 1. The molecule has 0 aliphatic rings. The molecule has 2 N–H and O–H groups in total. The van der Waals surface area contributed by atoms with Crippen molar-refractivity contribution in [1.29, 1.82) is 0 Å². The Morgan fingerprint density at radius 2 is 1.86 bits per heavy atom. The SMILES string of the molecule is O=C(N/N=C/c1ccncc1)c1ccc2ccccc2c1O. The van der Waals surface area contributed by atoms with Crippen LogP contribution in [-0.4, -0.2) is 22.2 Å². The van der Waals surface area contributed by atoms with Gasteiger partial charge in [0.2, 0.25) is 0 Å². The van der Waals surface area contributed by atoms with E-state index in [-0.39, 0.29) is 11.3 Å². The van der Waals surface area contributed by atoms with E-state index in [1.165, 1.54) is 6.21 Å². The molecule has 108 valence electrons. The van der Waals surface area contributed by atoms with Gasteiger partial charge in [0.05, 0.1) is 11.8 Å². The summed E-state index contributed by atoms with van der Waals surface area (Å²) in [5.41, 5.74) is 3.41. The highest BCUT2D eigenvalue weighted by atomic mass is 16.3. The number of fused-ring (bicyclic) bond motifs is 1. The first-order valence-corrected chi connectivity index (χ1v) is 6.70. The third-order valence-corrected chi connectivity index (χ3v) is 3.23. The first-order valence-electron chi connectivity index (χ1n) is 6.70. The van der Waals surface area contributed by atoms with Gasteiger partial charge in [-0.2, -0.15) is 5.10 Å². The van der Waals surface area contributed by atoms with E-state index >= 15 is 0 Å². The molecule has 0 fully saturated rings. The number of carbonyl (C=O) groups is 1. The van der Waals surface area contributed by atoms with Crippen molar-refractivity contribution in [3.05, 3.63) is 72.1 Å². The molecule has 1 amide bonds. The van der Waals surface area contributed by atoms with Crippen LogP contribution in [0, 0.1) is 0 Å². The van der Waals surface area contributed by atoms with Crippen molar-refractivity contribution >= 4 is 22.9 Å². The van der Waals surface area contributed by atoms with Crippen molar-refractivity contribution in [1.82, 2.24) is 10.4 Å². The van der Waals surface area contributed by atoms with Gasteiger partial charge in [-0.25, -0.2) is 5.43 Å². The molecule has 3 aromatic rings. The summed E-state index contributed by atoms with van der Waals surface area (Å²) in [7, 11) is 0. The van der Waals surface area contributed by atoms with Crippen LogP contribution in [0.2, 0.25) is 0 Å². The summed E-state index contributed by atoms with van der Waals surface area (Å²) >= 11 is 0. The van der Waals surface area contributed by atoms with Crippen molar-refractivity contribution in [2.75, 3.05) is 0 Å². The van der Waals surface area contributed by atoms with Crippen molar-refractivity contribution in [3.8, 4) is 5.75 Å². The number of hydrogen-bond donors (Lipinski definition) is 2. The summed E-state index contributed by atoms with van der Waals surface area (Å²) < 4.78 is 0. The summed E-state index contributed by atoms with van der Waals surface area (Å²) in [4.78, 5) is 16.0. The Morgan fingerprint density at radius 3 is 2.68 bits per heavy atom. The topological polar surface area (TPSA) is 74.6 Å². The minimum Gasteiger partial charge on any atom is -0.506 e. The highest BCUT2D eigenvalue weighted by Crippen LogP contribution is 2.28. The zero-order valence-electron chi connectivity index (χ0n) is 11.6. The standard InChI is InChI=1S/C17H13N3O2/c21-16-14-4-2-1-3-13(14)5-6-15(16)17(22)20-19-11-12-7-9-18-10-8-12/h1-11,21H,(H,20,22)/b19-11+. The van der Waals surface area contributed by atoms with Crippen LogP contribution in [0.4, 0.5) is 0 Å². The third kappa shape index (κ3) is 2.78. The van der Waals surface area contributed by atoms with Crippen LogP contribution in [0.5, 0.6) is 5.75 Å². The van der Waals surface area contributed by atoms with Gasteiger partial charge in [0, 0.05) is 17.8 Å². The van der Waals surface area contributed by atoms with Crippen LogP contribution >= 0.6 is 0 Å². The third-order valence-electron chi connectivity index (χ3n) is 3.23. The number of aromatic hydroxyl groups is 1. The average molecular weight is 291 g/mol. The minimum absolute atomic E-state index is 0.0466. The van der Waals surface area contributed by atoms with E-state index < -0.39 is 5.91 Å². The zero-order valence-corrected chi connectivity index (χ0v) is 11.6. The lowest BCUT2D eigenvalue weighted by molar-refractivity contribution is 0.0952. The fourth-order valence-corrected chi connectivity index (χ4v) is 2.11. The van der Waals surface area contributed by atoms with Gasteiger partial charge < -0.3 is 5.11 Å². The fourth-order valence-electron chi connectivity index (χ4n) is 2.11. The van der Waals surface area contributed by atoms with Gasteiger partial charge in [0.1, 0.15) is 5.75 Å². The molecule has 0 spiro atoms. The molecule has 0 aliphatic carbocycles. The lowest BCUT2D eigenvalue weighted by Crippen LogP contribution is -2.17. The lowest BCUT2D eigenvalue weighted by atomic mass is 10.1. The Bertz CT molecular complexity index is 845. The monoisotopic (exact) mass is 291 g/mol. The molecule has 0 radical (unpaired) electrons. The number of hydrogen-bond acceptors (Lipinski definition) is 4. The number of phenols is 1. The molecule has 2 aromatic carbocycles. The molecule has 0 aliphatic heterocycles. The Morgan fingerprint density at radius 1 is 1.09 bits per heavy atom. The van der Waals surface area contributed by atoms with E-state index in [1.54, 1.807) is 42.7 Å². The molecule has 1 heterocycles. The Balaban J connectivity index is 1.81. The second-order valence-electron chi connectivity index (χ2n) is 4.66. The number of carbonyl (C=O) groups excluding carboxylic acids is 1. The Labute approximate surface area is 126 Å². The van der Waals surface area contributed by atoms with Crippen molar-refractivity contribution in [2.24, 2.45) is 5.10 Å². The van der Waals surface area contributed by atoms with Gasteiger partial charge in [-0.15, -0.1) is 0 Å². The Hall–Kier alpha value is -3.21. The zero-order chi connectivity index (χ0) is 15.4. The molecule has 0 saturated carbocycles. The smallest absolute Gasteiger partial charge is 0.275 e. The van der Waals surface area contributed by atoms with Gasteiger partial charge in [-0.3, -0.25) is 9.78 Å². The van der Waals surface area contributed by atoms with Gasteiger partial charge in [-0.05, 0) is 29.1 Å². The van der Waals surface area contributed by atoms with Crippen molar-refractivity contribution < 1.29 is 9.90 Å². The predicted molar refractivity (Wildman–Crippen MR) is 84.9 cm³/mol. The summed E-state index contributed by atoms with van der Waals surface area (Å²) in [6.45, 7) is 0. The van der Waals surface area contributed by atoms with Crippen LogP contribution in [0.1, 0.15) is 15.9 Å². The van der Waals surface area contributed by atoms with Crippen LogP contribution < -0.4 is 5.43 Å². The molecule has 0 bridgehead atoms. The maximum atomic E-state index is 12.1. The molecular formula is C17H13N3O2. The van der Waals surface area contributed by atoms with Gasteiger partial charge >= 0.3 is 0 Å². The average Bonchev–Trinajstić information content (AvgIpc) is 2.56. The van der Waals surface area contributed by atoms with Crippen LogP contribution in [0.3, 0.4) is 0 Å². The maximum absolute atomic E-state index is 12.1. The van der Waals surface area contributed by atoms with E-state index in [0.717, 1.165) is 10.9 Å². The molecule has 0 saturated heterocycles. The molecular weight excluding hydrogens is 278 g/mol. The van der Waals surface area contributed by atoms with Crippen molar-refractivity contribution in [2.45, 2.75) is 0 Å². The van der Waals surface area contributed by atoms with Crippen LogP contribution in [0.25, 0.3) is 10.8 Å². The summed E-state index contributed by atoms with van der Waals surface area (Å²) in [5, 5.41) is 15.6. The number of amides is 1. The highest BCUT2D eigenvalue weighted by molar-refractivity contribution is 6.03. The summed E-state index contributed by atoms with van der Waals surface area (Å²) in [6, 6.07) is 14.2. The summed E-state index contributed by atoms with van der Waals surface area (Å²) in [5.74, 6) is -0.511. The molecule has 1 aromatic heterocycles. The Kier molecular flexibility index (Phi) is 3.78. The molecule has 5 heteroatoms. The quantitative estimate of drug-likeness (QED) is 0.575. The fraction of sp³-hybridized carbons (Fsp3) is 0. The van der Waals surface area contributed by atoms with Gasteiger partial charge in [-0.1, -0.05) is 30.3 Å². The number of phenolic OH excluding ortho intramolecular Hbond substituents is 1. The van der Waals surface area contributed by atoms with E-state index in [1.807, 2.05) is 18.2 Å². The van der Waals surface area contributed by atoms with Gasteiger partial charge in [0.25, 0.3) is 5.91 Å². The predicted octanol–water partition coefficient (Wildman–Crippen LogP) is 2.70. The van der Waals surface area contributed by atoms with E-state index in [2.05, 4.69) is 15.5 Å². The molecule has 22 heavy (non-hydrogen) atoms.